The van der Waals surface area contributed by atoms with Crippen molar-refractivity contribution in [2.45, 2.75) is 39.7 Å². The molecule has 3 N–H and O–H groups in total. The zero-order chi connectivity index (χ0) is 21.1. The molecule has 29 heavy (non-hydrogen) atoms. The smallest absolute Gasteiger partial charge is 0.264 e. The van der Waals surface area contributed by atoms with Crippen molar-refractivity contribution < 1.29 is 19.7 Å². The third kappa shape index (κ3) is 4.37. The predicted molar refractivity (Wildman–Crippen MR) is 113 cm³/mol. The van der Waals surface area contributed by atoms with Gasteiger partial charge in [0.15, 0.2) is 0 Å². The van der Waals surface area contributed by atoms with E-state index in [0.717, 1.165) is 5.56 Å². The number of carbonyl (C=O) groups excluding carboxylic acids is 1. The first-order valence-electron chi connectivity index (χ1n) is 9.58. The minimum atomic E-state index is -0.582. The van der Waals surface area contributed by atoms with Gasteiger partial charge in [-0.1, -0.05) is 38.1 Å². The van der Waals surface area contributed by atoms with Gasteiger partial charge in [0.1, 0.15) is 17.1 Å². The number of aromatic nitrogens is 1. The summed E-state index contributed by atoms with van der Waals surface area (Å²) in [5, 5.41) is 23.8. The molecule has 0 saturated carbocycles. The molecule has 3 rings (SSSR count). The molecule has 0 saturated heterocycles. The Kier molecular flexibility index (Phi) is 5.82. The molecular formula is C23H26N2O4. The topological polar surface area (TPSA) is 83.7 Å². The monoisotopic (exact) mass is 394 g/mol. The zero-order valence-corrected chi connectivity index (χ0v) is 17.0. The van der Waals surface area contributed by atoms with Crippen LogP contribution in [0.5, 0.6) is 17.4 Å². The molecule has 1 aromatic heterocycles. The SMILES string of the molecule is CC(C)Oc1cccc(-n2cc(O)c(C(=O)Nc3ccccc3C(C)C)c2O)c1. The molecule has 6 heteroatoms. The van der Waals surface area contributed by atoms with Crippen LogP contribution in [0, 0.1) is 0 Å². The fourth-order valence-corrected chi connectivity index (χ4v) is 3.18. The Morgan fingerprint density at radius 2 is 1.76 bits per heavy atom. The minimum Gasteiger partial charge on any atom is -0.505 e. The van der Waals surface area contributed by atoms with E-state index in [9.17, 15) is 15.0 Å². The van der Waals surface area contributed by atoms with Gasteiger partial charge in [-0.3, -0.25) is 9.36 Å². The number of ether oxygens (including phenoxy) is 1. The number of benzene rings is 2. The number of anilines is 1. The van der Waals surface area contributed by atoms with Crippen molar-refractivity contribution in [3.63, 3.8) is 0 Å². The van der Waals surface area contributed by atoms with Gasteiger partial charge in [-0.2, -0.15) is 0 Å². The molecule has 0 aliphatic rings. The van der Waals surface area contributed by atoms with Crippen molar-refractivity contribution in [1.82, 2.24) is 4.57 Å². The molecule has 3 aromatic rings. The normalized spacial score (nSPS) is 11.1. The largest absolute Gasteiger partial charge is 0.505 e. The van der Waals surface area contributed by atoms with Crippen LogP contribution >= 0.6 is 0 Å². The van der Waals surface area contributed by atoms with Gasteiger partial charge < -0.3 is 20.3 Å². The van der Waals surface area contributed by atoms with Crippen LogP contribution in [0.3, 0.4) is 0 Å². The Balaban J connectivity index is 1.93. The average Bonchev–Trinajstić information content (AvgIpc) is 2.96. The molecule has 0 bridgehead atoms. The highest BCUT2D eigenvalue weighted by molar-refractivity contribution is 6.08. The Morgan fingerprint density at radius 1 is 1.03 bits per heavy atom. The average molecular weight is 394 g/mol. The van der Waals surface area contributed by atoms with E-state index in [2.05, 4.69) is 5.32 Å². The lowest BCUT2D eigenvalue weighted by atomic mass is 10.0. The highest BCUT2D eigenvalue weighted by Crippen LogP contribution is 2.34. The second-order valence-corrected chi connectivity index (χ2v) is 7.44. The number of hydrogen-bond acceptors (Lipinski definition) is 4. The van der Waals surface area contributed by atoms with Gasteiger partial charge >= 0.3 is 0 Å². The van der Waals surface area contributed by atoms with Crippen molar-refractivity contribution in [1.29, 1.82) is 0 Å². The summed E-state index contributed by atoms with van der Waals surface area (Å²) < 4.78 is 7.03. The molecule has 6 nitrogen and oxygen atoms in total. The van der Waals surface area contributed by atoms with Crippen LogP contribution in [0.1, 0.15) is 49.5 Å². The van der Waals surface area contributed by atoms with Crippen LogP contribution in [-0.4, -0.2) is 26.8 Å². The van der Waals surface area contributed by atoms with Gasteiger partial charge in [0.05, 0.1) is 18.0 Å². The Morgan fingerprint density at radius 3 is 2.45 bits per heavy atom. The molecule has 0 spiro atoms. The Bertz CT molecular complexity index is 1020. The summed E-state index contributed by atoms with van der Waals surface area (Å²) in [6.45, 7) is 7.90. The number of carbonyl (C=O) groups is 1. The summed E-state index contributed by atoms with van der Waals surface area (Å²) in [5.41, 5.74) is 2.00. The lowest BCUT2D eigenvalue weighted by Crippen LogP contribution is -2.13. The van der Waals surface area contributed by atoms with E-state index >= 15 is 0 Å². The number of aromatic hydroxyl groups is 2. The number of nitrogens with zero attached hydrogens (tertiary/aromatic N) is 1. The van der Waals surface area contributed by atoms with E-state index in [0.29, 0.717) is 17.1 Å². The molecule has 0 aliphatic carbocycles. The van der Waals surface area contributed by atoms with Crippen molar-refractivity contribution in [2.24, 2.45) is 0 Å². The van der Waals surface area contributed by atoms with Crippen LogP contribution in [0.4, 0.5) is 5.69 Å². The highest BCUT2D eigenvalue weighted by atomic mass is 16.5. The molecular weight excluding hydrogens is 368 g/mol. The second-order valence-electron chi connectivity index (χ2n) is 7.44. The molecule has 1 heterocycles. The van der Waals surface area contributed by atoms with Crippen LogP contribution in [0.15, 0.2) is 54.7 Å². The Labute approximate surface area is 170 Å². The zero-order valence-electron chi connectivity index (χ0n) is 17.0. The van der Waals surface area contributed by atoms with Gasteiger partial charge in [-0.15, -0.1) is 0 Å². The van der Waals surface area contributed by atoms with Gasteiger partial charge in [0, 0.05) is 11.8 Å². The standard InChI is InChI=1S/C23H26N2O4/c1-14(2)18-10-5-6-11-19(18)24-22(27)21-20(26)13-25(23(21)28)16-8-7-9-17(12-16)29-15(3)4/h5-15,26,28H,1-4H3,(H,24,27). The number of nitrogens with one attached hydrogen (secondary N) is 1. The summed E-state index contributed by atoms with van der Waals surface area (Å²) in [6.07, 6.45) is 1.31. The molecule has 0 aliphatic heterocycles. The van der Waals surface area contributed by atoms with Gasteiger partial charge in [-0.25, -0.2) is 0 Å². The predicted octanol–water partition coefficient (Wildman–Crippen LogP) is 5.05. The molecule has 152 valence electrons. The van der Waals surface area contributed by atoms with E-state index in [1.165, 1.54) is 10.8 Å². The number of para-hydroxylation sites is 1. The number of rotatable bonds is 6. The molecule has 2 aromatic carbocycles. The van der Waals surface area contributed by atoms with Gasteiger partial charge in [0.25, 0.3) is 5.91 Å². The van der Waals surface area contributed by atoms with Crippen molar-refractivity contribution in [3.8, 4) is 23.1 Å². The van der Waals surface area contributed by atoms with Crippen LogP contribution in [0.2, 0.25) is 0 Å². The number of hydrogen-bond donors (Lipinski definition) is 3. The molecule has 1 amide bonds. The summed E-state index contributed by atoms with van der Waals surface area (Å²) >= 11 is 0. The Hall–Kier alpha value is -3.41. The molecule has 0 unspecified atom stereocenters. The van der Waals surface area contributed by atoms with Crippen molar-refractivity contribution >= 4 is 11.6 Å². The number of amides is 1. The van der Waals surface area contributed by atoms with Crippen LogP contribution in [0.25, 0.3) is 5.69 Å². The molecule has 0 fully saturated rings. The molecule has 0 atom stereocenters. The van der Waals surface area contributed by atoms with Gasteiger partial charge in [-0.05, 0) is 43.5 Å². The summed E-state index contributed by atoms with van der Waals surface area (Å²) in [5.74, 6) is -0.397. The van der Waals surface area contributed by atoms with E-state index in [-0.39, 0.29) is 29.2 Å². The third-order valence-electron chi connectivity index (χ3n) is 4.48. The lowest BCUT2D eigenvalue weighted by molar-refractivity contribution is 0.102. The maximum atomic E-state index is 12.8. The fraction of sp³-hybridized carbons (Fsp3) is 0.261. The quantitative estimate of drug-likeness (QED) is 0.546. The first-order valence-corrected chi connectivity index (χ1v) is 9.58. The third-order valence-corrected chi connectivity index (χ3v) is 4.48. The fourth-order valence-electron chi connectivity index (χ4n) is 3.18. The maximum absolute atomic E-state index is 12.8. The highest BCUT2D eigenvalue weighted by Gasteiger charge is 2.23. The van der Waals surface area contributed by atoms with E-state index in [1.54, 1.807) is 30.3 Å². The summed E-state index contributed by atoms with van der Waals surface area (Å²) in [6, 6.07) is 14.5. The summed E-state index contributed by atoms with van der Waals surface area (Å²) in [7, 11) is 0. The van der Waals surface area contributed by atoms with E-state index < -0.39 is 5.91 Å². The summed E-state index contributed by atoms with van der Waals surface area (Å²) in [4.78, 5) is 12.8. The van der Waals surface area contributed by atoms with Crippen molar-refractivity contribution in [2.75, 3.05) is 5.32 Å². The first-order chi connectivity index (χ1) is 13.8. The van der Waals surface area contributed by atoms with E-state index in [4.69, 9.17) is 4.74 Å². The first kappa shape index (κ1) is 20.3. The van der Waals surface area contributed by atoms with E-state index in [1.807, 2.05) is 45.9 Å². The lowest BCUT2D eigenvalue weighted by Gasteiger charge is -2.14. The molecule has 0 radical (unpaired) electrons. The second kappa shape index (κ2) is 8.31. The van der Waals surface area contributed by atoms with Crippen LogP contribution in [-0.2, 0) is 0 Å². The maximum Gasteiger partial charge on any atom is 0.264 e. The van der Waals surface area contributed by atoms with Crippen molar-refractivity contribution in [3.05, 3.63) is 65.9 Å². The van der Waals surface area contributed by atoms with Gasteiger partial charge in [0.2, 0.25) is 5.88 Å². The van der Waals surface area contributed by atoms with Crippen LogP contribution < -0.4 is 10.1 Å². The minimum absolute atomic E-state index is 0.000670.